The summed E-state index contributed by atoms with van der Waals surface area (Å²) in [5.41, 5.74) is 5.55. The molecule has 1 aromatic carbocycles. The number of rotatable bonds is 10. The Morgan fingerprint density at radius 1 is 0.950 bits per heavy atom. The number of aliphatic hydroxyl groups excluding tert-OH is 1. The zero-order valence-corrected chi connectivity index (χ0v) is 29.1. The minimum absolute atomic E-state index is 0. The first kappa shape index (κ1) is 34.3. The third-order valence-electron chi connectivity index (χ3n) is 7.07. The zero-order chi connectivity index (χ0) is 28.7. The molecule has 0 atom stereocenters. The van der Waals surface area contributed by atoms with Gasteiger partial charge in [0.15, 0.2) is 5.78 Å². The maximum Gasteiger partial charge on any atom is 0.162 e. The van der Waals surface area contributed by atoms with E-state index in [2.05, 4.69) is 61.9 Å². The summed E-state index contributed by atoms with van der Waals surface area (Å²) in [6, 6.07) is 10.1. The van der Waals surface area contributed by atoms with Crippen molar-refractivity contribution in [2.75, 3.05) is 0 Å². The van der Waals surface area contributed by atoms with Gasteiger partial charge in [-0.2, -0.15) is 0 Å². The van der Waals surface area contributed by atoms with Gasteiger partial charge in [-0.1, -0.05) is 55.4 Å². The van der Waals surface area contributed by atoms with Crippen molar-refractivity contribution >= 4 is 48.1 Å². The number of thiophene rings is 2. The summed E-state index contributed by atoms with van der Waals surface area (Å²) in [5.74, 6) is 1.23. The minimum Gasteiger partial charge on any atom is -0.512 e. The molecule has 0 saturated carbocycles. The van der Waals surface area contributed by atoms with Gasteiger partial charge in [0.1, 0.15) is 6.33 Å². The minimum atomic E-state index is 0. The molecule has 1 N–H and O–H groups in total. The van der Waals surface area contributed by atoms with Crippen molar-refractivity contribution in [3.8, 4) is 11.3 Å². The number of ketones is 1. The summed E-state index contributed by atoms with van der Waals surface area (Å²) in [4.78, 5) is 22.3. The van der Waals surface area contributed by atoms with E-state index in [0.29, 0.717) is 5.92 Å². The molecule has 1 radical (unpaired) electrons. The monoisotopic (exact) mass is 756 g/mol. The predicted molar refractivity (Wildman–Crippen MR) is 169 cm³/mol. The SMILES string of the molecule is CCC(CC)C(=O)/C=C(\O)C(CC)CC.Cc1[c-]c(-c2ncnc3c2sc2cc(CC(C)C)sc23)cc(C)c1.[Ir]. The van der Waals surface area contributed by atoms with E-state index in [1.165, 1.54) is 30.6 Å². The summed E-state index contributed by atoms with van der Waals surface area (Å²) in [7, 11) is 0. The zero-order valence-electron chi connectivity index (χ0n) is 25.1. The van der Waals surface area contributed by atoms with E-state index in [1.807, 2.05) is 50.4 Å². The van der Waals surface area contributed by atoms with Gasteiger partial charge in [0, 0.05) is 58.0 Å². The molecule has 0 amide bonds. The molecular formula is C33H43IrN2O2S2-. The topological polar surface area (TPSA) is 63.1 Å². The average Bonchev–Trinajstić information content (AvgIpc) is 3.42. The van der Waals surface area contributed by atoms with Crippen LogP contribution >= 0.6 is 22.7 Å². The average molecular weight is 756 g/mol. The first-order valence-corrected chi connectivity index (χ1v) is 15.9. The third-order valence-corrected chi connectivity index (χ3v) is 9.50. The predicted octanol–water partition coefficient (Wildman–Crippen LogP) is 10.1. The van der Waals surface area contributed by atoms with E-state index in [1.54, 1.807) is 6.33 Å². The van der Waals surface area contributed by atoms with Crippen molar-refractivity contribution in [2.45, 2.75) is 87.5 Å². The van der Waals surface area contributed by atoms with Gasteiger partial charge in [0.05, 0.1) is 16.0 Å². The molecule has 0 aliphatic rings. The Morgan fingerprint density at radius 3 is 2.17 bits per heavy atom. The maximum absolute atomic E-state index is 11.7. The molecule has 4 rings (SSSR count). The fourth-order valence-corrected chi connectivity index (χ4v) is 7.68. The van der Waals surface area contributed by atoms with E-state index in [0.717, 1.165) is 54.4 Å². The summed E-state index contributed by atoms with van der Waals surface area (Å²) in [6.45, 7) is 16.8. The van der Waals surface area contributed by atoms with Crippen molar-refractivity contribution in [3.05, 3.63) is 58.4 Å². The summed E-state index contributed by atoms with van der Waals surface area (Å²) in [5, 5.41) is 9.76. The fraction of sp³-hybridized carbons (Fsp3) is 0.485. The largest absolute Gasteiger partial charge is 0.512 e. The van der Waals surface area contributed by atoms with E-state index in [-0.39, 0.29) is 43.5 Å². The van der Waals surface area contributed by atoms with Crippen LogP contribution in [0.3, 0.4) is 0 Å². The number of hydrogen-bond acceptors (Lipinski definition) is 6. The van der Waals surface area contributed by atoms with Gasteiger partial charge in [-0.05, 0) is 44.1 Å². The van der Waals surface area contributed by atoms with Crippen LogP contribution in [0.1, 0.15) is 83.2 Å². The molecule has 0 aliphatic heterocycles. The van der Waals surface area contributed by atoms with Crippen LogP contribution < -0.4 is 0 Å². The van der Waals surface area contributed by atoms with Crippen LogP contribution in [-0.4, -0.2) is 20.9 Å². The summed E-state index contributed by atoms with van der Waals surface area (Å²) < 4.78 is 3.81. The second-order valence-electron chi connectivity index (χ2n) is 10.8. The number of carbonyl (C=O) groups excluding carboxylic acids is 1. The Labute approximate surface area is 261 Å². The second-order valence-corrected chi connectivity index (χ2v) is 12.9. The number of benzene rings is 1. The van der Waals surface area contributed by atoms with E-state index in [4.69, 9.17) is 0 Å². The third kappa shape index (κ3) is 8.55. The molecule has 4 nitrogen and oxygen atoms in total. The number of nitrogens with zero attached hydrogens (tertiary/aromatic N) is 2. The molecule has 0 unspecified atom stereocenters. The summed E-state index contributed by atoms with van der Waals surface area (Å²) >= 11 is 3.69. The molecule has 3 aromatic heterocycles. The molecule has 0 spiro atoms. The van der Waals surface area contributed by atoms with Gasteiger partial charge in [0.2, 0.25) is 0 Å². The number of fused-ring (bicyclic) bond motifs is 3. The number of aryl methyl sites for hydroxylation is 2. The Bertz CT molecular complexity index is 1410. The molecule has 0 bridgehead atoms. The first-order valence-electron chi connectivity index (χ1n) is 14.2. The Hall–Kier alpha value is -1.92. The van der Waals surface area contributed by atoms with Crippen LogP contribution in [0.25, 0.3) is 30.9 Å². The molecule has 219 valence electrons. The van der Waals surface area contributed by atoms with E-state index < -0.39 is 0 Å². The van der Waals surface area contributed by atoms with Crippen molar-refractivity contribution in [1.29, 1.82) is 0 Å². The fourth-order valence-electron chi connectivity index (χ4n) is 4.90. The molecule has 3 heterocycles. The van der Waals surface area contributed by atoms with Crippen LogP contribution in [0.2, 0.25) is 0 Å². The molecule has 0 fully saturated rings. The van der Waals surface area contributed by atoms with Gasteiger partial charge in [-0.15, -0.1) is 57.6 Å². The van der Waals surface area contributed by atoms with Gasteiger partial charge in [-0.3, -0.25) is 9.78 Å². The van der Waals surface area contributed by atoms with Gasteiger partial charge < -0.3 is 5.11 Å². The number of hydrogen-bond donors (Lipinski definition) is 1. The van der Waals surface area contributed by atoms with Crippen LogP contribution in [0, 0.1) is 37.7 Å². The van der Waals surface area contributed by atoms with Gasteiger partial charge in [0.25, 0.3) is 0 Å². The molecule has 0 saturated heterocycles. The van der Waals surface area contributed by atoms with Crippen LogP contribution in [0.5, 0.6) is 0 Å². The normalized spacial score (nSPS) is 11.8. The van der Waals surface area contributed by atoms with Crippen molar-refractivity contribution < 1.29 is 30.0 Å². The second kappa shape index (κ2) is 15.9. The first-order chi connectivity index (χ1) is 18.6. The van der Waals surface area contributed by atoms with Crippen molar-refractivity contribution in [1.82, 2.24) is 9.97 Å². The number of aliphatic hydroxyl groups is 1. The van der Waals surface area contributed by atoms with Gasteiger partial charge >= 0.3 is 0 Å². The Morgan fingerprint density at radius 2 is 1.60 bits per heavy atom. The van der Waals surface area contributed by atoms with Crippen molar-refractivity contribution in [3.63, 3.8) is 0 Å². The standard InChI is InChI=1S/C20H19N2S2.C13H24O2.Ir/c1-11(2)5-15-9-16-19(23-15)18-20(24-16)17(21-10-22-18)14-7-12(3)6-13(4)8-14;1-5-10(6-2)12(14)9-13(15)11(7-3)8-4;/h6-7,9-11H,5H2,1-4H3;9-11,14H,5-8H2,1-4H3;/q-1;;/b;12-9-;. The van der Waals surface area contributed by atoms with Crippen LogP contribution in [0.15, 0.2) is 36.4 Å². The van der Waals surface area contributed by atoms with E-state index in [9.17, 15) is 9.90 Å². The molecular weight excluding hydrogens is 713 g/mol. The Kier molecular flexibility index (Phi) is 13.6. The number of aromatic nitrogens is 2. The smallest absolute Gasteiger partial charge is 0.162 e. The Balaban J connectivity index is 0.000000307. The molecule has 40 heavy (non-hydrogen) atoms. The van der Waals surface area contributed by atoms with E-state index >= 15 is 0 Å². The quantitative estimate of drug-likeness (QED) is 0.0995. The van der Waals surface area contributed by atoms with Crippen LogP contribution in [0.4, 0.5) is 0 Å². The molecule has 0 aliphatic carbocycles. The summed E-state index contributed by atoms with van der Waals surface area (Å²) in [6.07, 6.45) is 7.73. The van der Waals surface area contributed by atoms with Crippen LogP contribution in [-0.2, 0) is 31.3 Å². The molecule has 4 aromatic rings. The maximum atomic E-state index is 11.7. The van der Waals surface area contributed by atoms with Gasteiger partial charge in [-0.25, -0.2) is 4.98 Å². The number of allylic oxidation sites excluding steroid dienone is 2. The number of carbonyl (C=O) groups is 1. The van der Waals surface area contributed by atoms with Crippen molar-refractivity contribution in [2.24, 2.45) is 17.8 Å². The molecule has 7 heteroatoms.